The van der Waals surface area contributed by atoms with Gasteiger partial charge in [-0.15, -0.1) is 0 Å². The maximum atomic E-state index is 9.49. The smallest absolute Gasteiger partial charge is 0.188 e. The third kappa shape index (κ3) is 5.81. The number of nitrogens with zero attached hydrogens (tertiary/aromatic N) is 1. The molecule has 0 saturated heterocycles. The van der Waals surface area contributed by atoms with Crippen LogP contribution in [0, 0.1) is 0 Å². The molecule has 4 heteroatoms. The average molecular weight is 182 g/mol. The molecule has 0 aromatic heterocycles. The van der Waals surface area contributed by atoms with Crippen LogP contribution in [0.25, 0.3) is 0 Å². The minimum absolute atomic E-state index is 0.0648. The Labute approximate surface area is 77.9 Å². The van der Waals surface area contributed by atoms with Crippen LogP contribution >= 0.6 is 0 Å². The number of hydrogen-bond donors (Lipinski definition) is 1. The zero-order chi connectivity index (χ0) is 10.3. The SMILES string of the molecule is C=C(C)C(=O)[O-].C=C[NH+]1C=NCC1. The maximum absolute atomic E-state index is 9.49. The van der Waals surface area contributed by atoms with E-state index in [1.807, 2.05) is 12.5 Å². The summed E-state index contributed by atoms with van der Waals surface area (Å²) in [6.45, 7) is 10.1. The van der Waals surface area contributed by atoms with E-state index in [2.05, 4.69) is 18.2 Å². The van der Waals surface area contributed by atoms with Crippen molar-refractivity contribution in [2.45, 2.75) is 6.92 Å². The quantitative estimate of drug-likeness (QED) is 0.521. The zero-order valence-electron chi connectivity index (χ0n) is 7.75. The molecule has 0 fully saturated rings. The van der Waals surface area contributed by atoms with Crippen molar-refractivity contribution in [2.24, 2.45) is 4.99 Å². The van der Waals surface area contributed by atoms with Crippen molar-refractivity contribution >= 4 is 12.3 Å². The minimum atomic E-state index is -1.19. The monoisotopic (exact) mass is 182 g/mol. The Balaban J connectivity index is 0.000000226. The summed E-state index contributed by atoms with van der Waals surface area (Å²) in [5, 5.41) is 9.49. The lowest BCUT2D eigenvalue weighted by Gasteiger charge is -1.94. The van der Waals surface area contributed by atoms with Gasteiger partial charge in [0.1, 0.15) is 6.54 Å². The van der Waals surface area contributed by atoms with E-state index >= 15 is 0 Å². The van der Waals surface area contributed by atoms with E-state index in [0.29, 0.717) is 0 Å². The molecule has 1 rings (SSSR count). The largest absolute Gasteiger partial charge is 0.545 e. The molecule has 1 heterocycles. The lowest BCUT2D eigenvalue weighted by Crippen LogP contribution is -3.05. The number of carbonyl (C=O) groups is 1. The summed E-state index contributed by atoms with van der Waals surface area (Å²) in [6, 6.07) is 0. The van der Waals surface area contributed by atoms with E-state index < -0.39 is 5.97 Å². The summed E-state index contributed by atoms with van der Waals surface area (Å²) >= 11 is 0. The minimum Gasteiger partial charge on any atom is -0.545 e. The standard InChI is InChI=1S/C5H8N2.C4H6O2/c1-2-7-4-3-6-5-7;1-3(2)4(5)6/h2,5H,1,3-4H2;1H2,2H3,(H,5,6). The Kier molecular flexibility index (Phi) is 5.47. The maximum Gasteiger partial charge on any atom is 0.188 e. The fraction of sp³-hybridized carbons (Fsp3) is 0.333. The van der Waals surface area contributed by atoms with Gasteiger partial charge in [0.2, 0.25) is 0 Å². The Morgan fingerprint density at radius 1 is 1.77 bits per heavy atom. The van der Waals surface area contributed by atoms with Crippen molar-refractivity contribution in [3.63, 3.8) is 0 Å². The van der Waals surface area contributed by atoms with Crippen LogP contribution in [0.1, 0.15) is 6.92 Å². The number of quaternary nitrogens is 1. The van der Waals surface area contributed by atoms with Crippen LogP contribution in [-0.2, 0) is 4.79 Å². The Bertz CT molecular complexity index is 222. The number of rotatable bonds is 2. The number of hydrogen-bond acceptors (Lipinski definition) is 3. The molecule has 0 spiro atoms. The van der Waals surface area contributed by atoms with Gasteiger partial charge in [-0.1, -0.05) is 6.58 Å². The van der Waals surface area contributed by atoms with E-state index in [1.165, 1.54) is 11.8 Å². The van der Waals surface area contributed by atoms with Crippen molar-refractivity contribution in [1.29, 1.82) is 0 Å². The number of carboxylic acids is 1. The summed E-state index contributed by atoms with van der Waals surface area (Å²) in [4.78, 5) is 14.8. The third-order valence-electron chi connectivity index (χ3n) is 1.40. The highest BCUT2D eigenvalue weighted by molar-refractivity contribution is 5.82. The predicted octanol–water partition coefficient (Wildman–Crippen LogP) is -1.63. The molecule has 1 N–H and O–H groups in total. The Morgan fingerprint density at radius 3 is 2.46 bits per heavy atom. The molecule has 0 radical (unpaired) electrons. The number of nitrogens with one attached hydrogen (secondary N) is 1. The van der Waals surface area contributed by atoms with Gasteiger partial charge in [-0.05, 0) is 19.1 Å². The highest BCUT2D eigenvalue weighted by atomic mass is 16.4. The molecule has 1 atom stereocenters. The Hall–Kier alpha value is -1.42. The van der Waals surface area contributed by atoms with Gasteiger partial charge in [0, 0.05) is 0 Å². The molecule has 1 unspecified atom stereocenters. The van der Waals surface area contributed by atoms with Gasteiger partial charge >= 0.3 is 0 Å². The Morgan fingerprint density at radius 2 is 2.31 bits per heavy atom. The first kappa shape index (κ1) is 11.6. The van der Waals surface area contributed by atoms with Gasteiger partial charge in [0.25, 0.3) is 0 Å². The number of carbonyl (C=O) groups excluding carboxylic acids is 1. The molecule has 72 valence electrons. The first-order chi connectivity index (χ1) is 6.07. The highest BCUT2D eigenvalue weighted by Crippen LogP contribution is 1.77. The van der Waals surface area contributed by atoms with E-state index in [1.54, 1.807) is 0 Å². The predicted molar refractivity (Wildman–Crippen MR) is 49.2 cm³/mol. The summed E-state index contributed by atoms with van der Waals surface area (Å²) in [5.74, 6) is -1.19. The van der Waals surface area contributed by atoms with Crippen molar-refractivity contribution in [3.05, 3.63) is 24.9 Å². The molecule has 13 heavy (non-hydrogen) atoms. The molecule has 0 aromatic carbocycles. The van der Waals surface area contributed by atoms with Gasteiger partial charge < -0.3 is 9.90 Å². The lowest BCUT2D eigenvalue weighted by molar-refractivity contribution is -0.730. The molecule has 0 amide bonds. The van der Waals surface area contributed by atoms with Crippen LogP contribution in [0.4, 0.5) is 0 Å². The van der Waals surface area contributed by atoms with Crippen LogP contribution in [0.5, 0.6) is 0 Å². The fourth-order valence-corrected chi connectivity index (χ4v) is 0.595. The number of aliphatic carboxylic acids is 1. The van der Waals surface area contributed by atoms with E-state index in [0.717, 1.165) is 13.1 Å². The molecular weight excluding hydrogens is 168 g/mol. The molecule has 0 aromatic rings. The molecule has 1 aliphatic heterocycles. The molecule has 0 aliphatic carbocycles. The van der Waals surface area contributed by atoms with Crippen LogP contribution in [-0.4, -0.2) is 25.4 Å². The molecule has 4 nitrogen and oxygen atoms in total. The van der Waals surface area contributed by atoms with E-state index in [-0.39, 0.29) is 5.57 Å². The highest BCUT2D eigenvalue weighted by Gasteiger charge is 2.03. The van der Waals surface area contributed by atoms with Crippen LogP contribution < -0.4 is 10.0 Å². The molecule has 0 bridgehead atoms. The van der Waals surface area contributed by atoms with E-state index in [4.69, 9.17) is 0 Å². The van der Waals surface area contributed by atoms with Crippen molar-refractivity contribution in [2.75, 3.05) is 13.1 Å². The van der Waals surface area contributed by atoms with Gasteiger partial charge in [-0.2, -0.15) is 0 Å². The normalized spacial score (nSPS) is 18.7. The molecule has 1 aliphatic rings. The average Bonchev–Trinajstić information content (AvgIpc) is 2.56. The first-order valence-electron chi connectivity index (χ1n) is 3.93. The zero-order valence-corrected chi connectivity index (χ0v) is 7.75. The first-order valence-corrected chi connectivity index (χ1v) is 3.93. The summed E-state index contributed by atoms with van der Waals surface area (Å²) in [6.07, 6.45) is 3.74. The number of aliphatic imine (C=N–C) groups is 1. The second-order valence-electron chi connectivity index (χ2n) is 2.63. The van der Waals surface area contributed by atoms with Crippen molar-refractivity contribution in [1.82, 2.24) is 0 Å². The summed E-state index contributed by atoms with van der Waals surface area (Å²) < 4.78 is 0. The van der Waals surface area contributed by atoms with E-state index in [9.17, 15) is 9.90 Å². The van der Waals surface area contributed by atoms with Gasteiger partial charge in [0.05, 0.1) is 18.7 Å². The van der Waals surface area contributed by atoms with Crippen molar-refractivity contribution in [3.8, 4) is 0 Å². The van der Waals surface area contributed by atoms with Crippen LogP contribution in [0.2, 0.25) is 0 Å². The summed E-state index contributed by atoms with van der Waals surface area (Å²) in [5.41, 5.74) is 0.0648. The summed E-state index contributed by atoms with van der Waals surface area (Å²) in [7, 11) is 0. The fourth-order valence-electron chi connectivity index (χ4n) is 0.595. The van der Waals surface area contributed by atoms with Crippen LogP contribution in [0.3, 0.4) is 0 Å². The second-order valence-corrected chi connectivity index (χ2v) is 2.63. The molecule has 0 saturated carbocycles. The van der Waals surface area contributed by atoms with Crippen molar-refractivity contribution < 1.29 is 14.8 Å². The number of carboxylic acid groups (broad SMARTS) is 1. The topological polar surface area (TPSA) is 56.9 Å². The van der Waals surface area contributed by atoms with Crippen LogP contribution in [0.15, 0.2) is 29.9 Å². The molecular formula is C9H14N2O2. The third-order valence-corrected chi connectivity index (χ3v) is 1.40. The second kappa shape index (κ2) is 6.14. The van der Waals surface area contributed by atoms with Gasteiger partial charge in [0.15, 0.2) is 6.34 Å². The van der Waals surface area contributed by atoms with Gasteiger partial charge in [-0.25, -0.2) is 4.99 Å². The van der Waals surface area contributed by atoms with Gasteiger partial charge in [-0.3, -0.25) is 4.90 Å². The lowest BCUT2D eigenvalue weighted by atomic mass is 10.4.